The summed E-state index contributed by atoms with van der Waals surface area (Å²) < 4.78 is 18.0. The van der Waals surface area contributed by atoms with Crippen LogP contribution in [0.15, 0.2) is 12.3 Å². The summed E-state index contributed by atoms with van der Waals surface area (Å²) >= 11 is 0. The molecule has 1 aromatic rings. The van der Waals surface area contributed by atoms with Gasteiger partial charge in [-0.15, -0.1) is 0 Å². The molecule has 0 amide bonds. The minimum atomic E-state index is -0.607. The number of carbonyl (C=O) groups is 1. The van der Waals surface area contributed by atoms with Crippen LogP contribution in [0.4, 0.5) is 4.39 Å². The molecular weight excluding hydrogens is 185 g/mol. The van der Waals surface area contributed by atoms with Crippen molar-refractivity contribution >= 4 is 5.78 Å². The first-order chi connectivity index (χ1) is 6.56. The first-order valence-electron chi connectivity index (χ1n) is 4.30. The van der Waals surface area contributed by atoms with Gasteiger partial charge < -0.3 is 4.74 Å². The van der Waals surface area contributed by atoms with Gasteiger partial charge in [0, 0.05) is 12.0 Å². The molecule has 0 aliphatic rings. The summed E-state index contributed by atoms with van der Waals surface area (Å²) in [7, 11) is 1.42. The van der Waals surface area contributed by atoms with Gasteiger partial charge in [-0.25, -0.2) is 9.37 Å². The van der Waals surface area contributed by atoms with Crippen LogP contribution in [0, 0.1) is 11.7 Å². The van der Waals surface area contributed by atoms with Crippen LogP contribution in [-0.2, 0) is 0 Å². The van der Waals surface area contributed by atoms with Gasteiger partial charge in [0.2, 0.25) is 5.88 Å². The predicted molar refractivity (Wildman–Crippen MR) is 49.9 cm³/mol. The number of Topliss-reactive ketones (excluding diaryl/α,β-unsaturated/α-hetero) is 1. The van der Waals surface area contributed by atoms with Crippen LogP contribution in [-0.4, -0.2) is 17.9 Å². The van der Waals surface area contributed by atoms with Crippen molar-refractivity contribution in [1.29, 1.82) is 0 Å². The standard InChI is InChI=1S/C10H12FNO2/c1-6(2)10(13)7-4-9(14-3)12-5-8(7)11/h4-6H,1-3H3. The zero-order valence-electron chi connectivity index (χ0n) is 8.37. The van der Waals surface area contributed by atoms with E-state index in [0.717, 1.165) is 6.20 Å². The molecule has 0 spiro atoms. The third-order valence-electron chi connectivity index (χ3n) is 1.83. The van der Waals surface area contributed by atoms with E-state index in [2.05, 4.69) is 4.98 Å². The van der Waals surface area contributed by atoms with Crippen molar-refractivity contribution in [2.24, 2.45) is 5.92 Å². The number of aromatic nitrogens is 1. The summed E-state index contributed by atoms with van der Waals surface area (Å²) in [4.78, 5) is 15.2. The summed E-state index contributed by atoms with van der Waals surface area (Å²) in [6.45, 7) is 3.43. The number of halogens is 1. The van der Waals surface area contributed by atoms with Crippen molar-refractivity contribution in [3.63, 3.8) is 0 Å². The van der Waals surface area contributed by atoms with Gasteiger partial charge in [0.25, 0.3) is 0 Å². The summed E-state index contributed by atoms with van der Waals surface area (Å²) in [6, 6.07) is 1.32. The highest BCUT2D eigenvalue weighted by Crippen LogP contribution is 2.16. The Morgan fingerprint density at radius 3 is 2.71 bits per heavy atom. The van der Waals surface area contributed by atoms with Crippen LogP contribution in [0.2, 0.25) is 0 Å². The van der Waals surface area contributed by atoms with Crippen molar-refractivity contribution in [3.05, 3.63) is 23.6 Å². The summed E-state index contributed by atoms with van der Waals surface area (Å²) in [6.07, 6.45) is 0.994. The fraction of sp³-hybridized carbons (Fsp3) is 0.400. The van der Waals surface area contributed by atoms with Crippen molar-refractivity contribution in [3.8, 4) is 5.88 Å². The molecule has 0 aliphatic carbocycles. The highest BCUT2D eigenvalue weighted by Gasteiger charge is 2.16. The van der Waals surface area contributed by atoms with Crippen LogP contribution >= 0.6 is 0 Å². The Hall–Kier alpha value is -1.45. The van der Waals surface area contributed by atoms with E-state index in [1.54, 1.807) is 13.8 Å². The molecule has 0 aromatic carbocycles. The summed E-state index contributed by atoms with van der Waals surface area (Å²) in [5.74, 6) is -0.847. The van der Waals surface area contributed by atoms with Gasteiger partial charge in [-0.1, -0.05) is 13.8 Å². The average Bonchev–Trinajstić information content (AvgIpc) is 2.17. The SMILES string of the molecule is COc1cc(C(=O)C(C)C)c(F)cn1. The third-order valence-corrected chi connectivity index (χ3v) is 1.83. The quantitative estimate of drug-likeness (QED) is 0.696. The maximum Gasteiger partial charge on any atom is 0.213 e. The molecular formula is C10H12FNO2. The van der Waals surface area contributed by atoms with E-state index >= 15 is 0 Å². The molecule has 14 heavy (non-hydrogen) atoms. The molecule has 0 saturated heterocycles. The Balaban J connectivity index is 3.12. The molecule has 0 N–H and O–H groups in total. The lowest BCUT2D eigenvalue weighted by molar-refractivity contribution is 0.0934. The molecule has 4 heteroatoms. The van der Waals surface area contributed by atoms with Gasteiger partial charge in [-0.05, 0) is 0 Å². The van der Waals surface area contributed by atoms with Crippen LogP contribution in [0.1, 0.15) is 24.2 Å². The fourth-order valence-electron chi connectivity index (χ4n) is 1.03. The highest BCUT2D eigenvalue weighted by molar-refractivity contribution is 5.97. The summed E-state index contributed by atoms with van der Waals surface area (Å²) in [5.41, 5.74) is 0.0341. The van der Waals surface area contributed by atoms with Crippen molar-refractivity contribution in [1.82, 2.24) is 4.98 Å². The Morgan fingerprint density at radius 1 is 1.57 bits per heavy atom. The van der Waals surface area contributed by atoms with Gasteiger partial charge in [0.05, 0.1) is 18.9 Å². The summed E-state index contributed by atoms with van der Waals surface area (Å²) in [5, 5.41) is 0. The maximum atomic E-state index is 13.2. The van der Waals surface area contributed by atoms with E-state index < -0.39 is 5.82 Å². The fourth-order valence-corrected chi connectivity index (χ4v) is 1.03. The lowest BCUT2D eigenvalue weighted by Crippen LogP contribution is -2.10. The second-order valence-electron chi connectivity index (χ2n) is 3.23. The number of nitrogens with zero attached hydrogens (tertiary/aromatic N) is 1. The Labute approximate surface area is 81.9 Å². The van der Waals surface area contributed by atoms with Gasteiger partial charge in [0.15, 0.2) is 11.6 Å². The molecule has 0 atom stereocenters. The molecule has 0 unspecified atom stereocenters. The number of hydrogen-bond donors (Lipinski definition) is 0. The van der Waals surface area contributed by atoms with Crippen molar-refractivity contribution in [2.75, 3.05) is 7.11 Å². The second-order valence-corrected chi connectivity index (χ2v) is 3.23. The Morgan fingerprint density at radius 2 is 2.21 bits per heavy atom. The number of hydrogen-bond acceptors (Lipinski definition) is 3. The minimum Gasteiger partial charge on any atom is -0.481 e. The Bertz CT molecular complexity index is 350. The van der Waals surface area contributed by atoms with Crippen LogP contribution < -0.4 is 4.74 Å². The van der Waals surface area contributed by atoms with Crippen LogP contribution in [0.3, 0.4) is 0 Å². The second kappa shape index (κ2) is 4.17. The van der Waals surface area contributed by atoms with E-state index in [-0.39, 0.29) is 23.1 Å². The Kier molecular flexibility index (Phi) is 3.17. The number of pyridine rings is 1. The molecule has 0 aliphatic heterocycles. The minimum absolute atomic E-state index is 0.0341. The molecule has 0 saturated carbocycles. The van der Waals surface area contributed by atoms with E-state index in [1.807, 2.05) is 0 Å². The average molecular weight is 197 g/mol. The number of methoxy groups -OCH3 is 1. The zero-order valence-corrected chi connectivity index (χ0v) is 8.37. The molecule has 1 aromatic heterocycles. The number of ether oxygens (including phenoxy) is 1. The topological polar surface area (TPSA) is 39.2 Å². The monoisotopic (exact) mass is 197 g/mol. The van der Waals surface area contributed by atoms with E-state index in [9.17, 15) is 9.18 Å². The molecule has 1 rings (SSSR count). The lowest BCUT2D eigenvalue weighted by atomic mass is 10.0. The predicted octanol–water partition coefficient (Wildman–Crippen LogP) is 2.07. The number of ketones is 1. The molecule has 0 bridgehead atoms. The van der Waals surface area contributed by atoms with Gasteiger partial charge >= 0.3 is 0 Å². The van der Waals surface area contributed by atoms with Gasteiger partial charge in [-0.2, -0.15) is 0 Å². The van der Waals surface area contributed by atoms with E-state index in [1.165, 1.54) is 13.2 Å². The van der Waals surface area contributed by atoms with Crippen LogP contribution in [0.25, 0.3) is 0 Å². The van der Waals surface area contributed by atoms with E-state index in [0.29, 0.717) is 0 Å². The maximum absolute atomic E-state index is 13.2. The molecule has 76 valence electrons. The lowest BCUT2D eigenvalue weighted by Gasteiger charge is -2.06. The zero-order chi connectivity index (χ0) is 10.7. The number of carbonyl (C=O) groups excluding carboxylic acids is 1. The first kappa shape index (κ1) is 10.6. The molecule has 0 radical (unpaired) electrons. The molecule has 0 fully saturated rings. The van der Waals surface area contributed by atoms with Crippen molar-refractivity contribution < 1.29 is 13.9 Å². The van der Waals surface area contributed by atoms with Gasteiger partial charge in [-0.3, -0.25) is 4.79 Å². The normalized spacial score (nSPS) is 10.4. The largest absolute Gasteiger partial charge is 0.481 e. The van der Waals surface area contributed by atoms with Gasteiger partial charge in [0.1, 0.15) is 0 Å². The number of rotatable bonds is 3. The smallest absolute Gasteiger partial charge is 0.213 e. The van der Waals surface area contributed by atoms with Crippen LogP contribution in [0.5, 0.6) is 5.88 Å². The molecule has 1 heterocycles. The first-order valence-corrected chi connectivity index (χ1v) is 4.30. The van der Waals surface area contributed by atoms with E-state index in [4.69, 9.17) is 4.74 Å². The van der Waals surface area contributed by atoms with Crippen molar-refractivity contribution in [2.45, 2.75) is 13.8 Å². The molecule has 3 nitrogen and oxygen atoms in total. The third kappa shape index (κ3) is 2.07. The highest BCUT2D eigenvalue weighted by atomic mass is 19.1.